The first kappa shape index (κ1) is 18.8. The molecule has 1 amide bonds. The number of halogens is 2. The zero-order valence-electron chi connectivity index (χ0n) is 12.8. The normalized spacial score (nSPS) is 11.0. The second kappa shape index (κ2) is 7.54. The molecule has 0 spiro atoms. The average molecular weight is 478 g/mol. The van der Waals surface area contributed by atoms with E-state index in [-0.39, 0.29) is 16.5 Å². The largest absolute Gasteiger partial charge is 0.495 e. The molecule has 0 bridgehead atoms. The van der Waals surface area contributed by atoms with Crippen molar-refractivity contribution in [3.8, 4) is 5.75 Å². The number of anilines is 2. The number of benzene rings is 2. The number of sulfonamides is 1. The zero-order valence-corrected chi connectivity index (χ0v) is 16.7. The van der Waals surface area contributed by atoms with Crippen LogP contribution in [0.3, 0.4) is 0 Å². The van der Waals surface area contributed by atoms with E-state index in [1.54, 1.807) is 24.3 Å². The molecule has 0 aromatic heterocycles. The van der Waals surface area contributed by atoms with Crippen LogP contribution in [-0.2, 0) is 14.8 Å². The highest BCUT2D eigenvalue weighted by atomic mass is 79.9. The Morgan fingerprint density at radius 1 is 1.12 bits per heavy atom. The molecule has 0 atom stereocenters. The molecule has 0 unspecified atom stereocenters. The van der Waals surface area contributed by atoms with Gasteiger partial charge in [0.2, 0.25) is 5.91 Å². The van der Waals surface area contributed by atoms with E-state index in [1.165, 1.54) is 26.2 Å². The number of ether oxygens (including phenoxy) is 1. The summed E-state index contributed by atoms with van der Waals surface area (Å²) >= 11 is 6.49. The first-order chi connectivity index (χ1) is 11.2. The molecule has 6 nitrogen and oxygen atoms in total. The first-order valence-corrected chi connectivity index (χ1v) is 9.73. The van der Waals surface area contributed by atoms with E-state index in [0.717, 1.165) is 0 Å². The Kier molecular flexibility index (Phi) is 5.89. The summed E-state index contributed by atoms with van der Waals surface area (Å²) in [5.41, 5.74) is 0.671. The Balaban J connectivity index is 2.44. The number of carbonyl (C=O) groups excluding carboxylic acids is 1. The molecule has 0 aliphatic carbocycles. The van der Waals surface area contributed by atoms with Gasteiger partial charge >= 0.3 is 0 Å². The van der Waals surface area contributed by atoms with E-state index in [4.69, 9.17) is 4.74 Å². The van der Waals surface area contributed by atoms with E-state index in [2.05, 4.69) is 41.9 Å². The van der Waals surface area contributed by atoms with Crippen LogP contribution in [0.4, 0.5) is 11.4 Å². The van der Waals surface area contributed by atoms with Crippen LogP contribution in [0.25, 0.3) is 0 Å². The summed E-state index contributed by atoms with van der Waals surface area (Å²) in [6.07, 6.45) is 0. The molecular weight excluding hydrogens is 464 g/mol. The molecule has 9 heteroatoms. The fourth-order valence-electron chi connectivity index (χ4n) is 1.95. The summed E-state index contributed by atoms with van der Waals surface area (Å²) in [6.45, 7) is 1.37. The number of amides is 1. The zero-order chi connectivity index (χ0) is 17.9. The maximum absolute atomic E-state index is 12.7. The molecule has 2 aromatic carbocycles. The lowest BCUT2D eigenvalue weighted by Gasteiger charge is -2.14. The van der Waals surface area contributed by atoms with Gasteiger partial charge in [0.1, 0.15) is 10.6 Å². The predicted molar refractivity (Wildman–Crippen MR) is 99.9 cm³/mol. The van der Waals surface area contributed by atoms with E-state index in [9.17, 15) is 13.2 Å². The summed E-state index contributed by atoms with van der Waals surface area (Å²) in [5.74, 6) is 0.0718. The van der Waals surface area contributed by atoms with Gasteiger partial charge in [0.15, 0.2) is 0 Å². The molecule has 0 fully saturated rings. The minimum atomic E-state index is -3.86. The molecule has 0 aliphatic heterocycles. The monoisotopic (exact) mass is 476 g/mol. The van der Waals surface area contributed by atoms with Crippen molar-refractivity contribution < 1.29 is 17.9 Å². The minimum absolute atomic E-state index is 0.0730. The van der Waals surface area contributed by atoms with E-state index in [1.807, 2.05) is 0 Å². The summed E-state index contributed by atoms with van der Waals surface area (Å²) < 4.78 is 34.1. The summed E-state index contributed by atoms with van der Waals surface area (Å²) in [5, 5.41) is 2.60. The van der Waals surface area contributed by atoms with Gasteiger partial charge in [-0.25, -0.2) is 8.42 Å². The molecule has 0 aliphatic rings. The maximum atomic E-state index is 12.7. The van der Waals surface area contributed by atoms with Crippen LogP contribution in [0.2, 0.25) is 0 Å². The molecule has 0 saturated carbocycles. The number of carbonyl (C=O) groups is 1. The van der Waals surface area contributed by atoms with Crippen molar-refractivity contribution >= 4 is 59.2 Å². The average Bonchev–Trinajstić information content (AvgIpc) is 2.49. The van der Waals surface area contributed by atoms with E-state index >= 15 is 0 Å². The van der Waals surface area contributed by atoms with Crippen molar-refractivity contribution in [2.45, 2.75) is 11.8 Å². The molecule has 0 saturated heterocycles. The Morgan fingerprint density at radius 2 is 1.83 bits per heavy atom. The fraction of sp³-hybridized carbons (Fsp3) is 0.133. The number of hydrogen-bond acceptors (Lipinski definition) is 4. The molecule has 2 rings (SSSR count). The first-order valence-electron chi connectivity index (χ1n) is 6.66. The minimum Gasteiger partial charge on any atom is -0.495 e. The van der Waals surface area contributed by atoms with Crippen LogP contribution in [-0.4, -0.2) is 21.4 Å². The molecule has 24 heavy (non-hydrogen) atoms. The Morgan fingerprint density at radius 3 is 2.46 bits per heavy atom. The maximum Gasteiger partial charge on any atom is 0.263 e. The van der Waals surface area contributed by atoms with Crippen molar-refractivity contribution in [2.75, 3.05) is 17.1 Å². The van der Waals surface area contributed by atoms with Crippen LogP contribution in [0.5, 0.6) is 5.75 Å². The van der Waals surface area contributed by atoms with Gasteiger partial charge < -0.3 is 10.1 Å². The molecule has 0 heterocycles. The van der Waals surface area contributed by atoms with Crippen molar-refractivity contribution in [2.24, 2.45) is 0 Å². The van der Waals surface area contributed by atoms with Gasteiger partial charge in [-0.15, -0.1) is 0 Å². The topological polar surface area (TPSA) is 84.5 Å². The van der Waals surface area contributed by atoms with Crippen molar-refractivity contribution in [1.29, 1.82) is 0 Å². The quantitative estimate of drug-likeness (QED) is 0.682. The van der Waals surface area contributed by atoms with Crippen LogP contribution >= 0.6 is 31.9 Å². The van der Waals surface area contributed by atoms with Crippen molar-refractivity contribution in [3.63, 3.8) is 0 Å². The Bertz CT molecular complexity index is 885. The summed E-state index contributed by atoms with van der Waals surface area (Å²) in [6, 6.07) is 9.51. The number of hydrogen-bond donors (Lipinski definition) is 2. The summed E-state index contributed by atoms with van der Waals surface area (Å²) in [7, 11) is -2.43. The van der Waals surface area contributed by atoms with Gasteiger partial charge in [-0.3, -0.25) is 9.52 Å². The molecule has 2 aromatic rings. The second-order valence-corrected chi connectivity index (χ2v) is 8.20. The Hall–Kier alpha value is -1.58. The van der Waals surface area contributed by atoms with Gasteiger partial charge in [-0.1, -0.05) is 15.9 Å². The SMILES string of the molecule is COc1ccc(NC(C)=O)cc1NS(=O)(=O)c1cc(Br)ccc1Br. The molecular formula is C15H14Br2N2O4S. The second-order valence-electron chi connectivity index (χ2n) is 4.78. The lowest BCUT2D eigenvalue weighted by Crippen LogP contribution is -2.15. The van der Waals surface area contributed by atoms with Gasteiger partial charge in [0.05, 0.1) is 12.8 Å². The van der Waals surface area contributed by atoms with E-state index < -0.39 is 10.0 Å². The van der Waals surface area contributed by atoms with Gasteiger partial charge in [0, 0.05) is 21.6 Å². The third-order valence-electron chi connectivity index (χ3n) is 2.95. The lowest BCUT2D eigenvalue weighted by atomic mass is 10.2. The van der Waals surface area contributed by atoms with Crippen molar-refractivity contribution in [3.05, 3.63) is 45.3 Å². The van der Waals surface area contributed by atoms with Crippen LogP contribution in [0.1, 0.15) is 6.92 Å². The van der Waals surface area contributed by atoms with Gasteiger partial charge in [-0.2, -0.15) is 0 Å². The molecule has 0 radical (unpaired) electrons. The lowest BCUT2D eigenvalue weighted by molar-refractivity contribution is -0.114. The van der Waals surface area contributed by atoms with Crippen LogP contribution in [0, 0.1) is 0 Å². The number of methoxy groups -OCH3 is 1. The molecule has 2 N–H and O–H groups in total. The standard InChI is InChI=1S/C15H14Br2N2O4S/c1-9(20)18-11-4-6-14(23-2)13(8-11)19-24(21,22)15-7-10(16)3-5-12(15)17/h3-8,19H,1-2H3,(H,18,20). The van der Waals surface area contributed by atoms with Crippen LogP contribution < -0.4 is 14.8 Å². The third-order valence-corrected chi connectivity index (χ3v) is 5.80. The highest BCUT2D eigenvalue weighted by Gasteiger charge is 2.20. The highest BCUT2D eigenvalue weighted by Crippen LogP contribution is 2.32. The van der Waals surface area contributed by atoms with E-state index in [0.29, 0.717) is 20.4 Å². The van der Waals surface area contributed by atoms with Crippen LogP contribution in [0.15, 0.2) is 50.2 Å². The van der Waals surface area contributed by atoms with Gasteiger partial charge in [0.25, 0.3) is 10.0 Å². The highest BCUT2D eigenvalue weighted by molar-refractivity contribution is 9.11. The molecule has 128 valence electrons. The number of rotatable bonds is 5. The number of nitrogens with one attached hydrogen (secondary N) is 2. The Labute approximate surface area is 156 Å². The summed E-state index contributed by atoms with van der Waals surface area (Å²) in [4.78, 5) is 11.2. The predicted octanol–water partition coefficient (Wildman–Crippen LogP) is 3.98. The fourth-order valence-corrected chi connectivity index (χ4v) is 4.52. The van der Waals surface area contributed by atoms with Gasteiger partial charge in [-0.05, 0) is 52.3 Å². The smallest absolute Gasteiger partial charge is 0.263 e. The van der Waals surface area contributed by atoms with Crippen molar-refractivity contribution in [1.82, 2.24) is 0 Å². The third kappa shape index (κ3) is 4.49.